The van der Waals surface area contributed by atoms with E-state index in [1.165, 1.54) is 13.8 Å². The van der Waals surface area contributed by atoms with Crippen molar-refractivity contribution in [3.8, 4) is 5.75 Å². The normalized spacial score (nSPS) is 14.9. The number of benzene rings is 1. The molecule has 0 aliphatic rings. The van der Waals surface area contributed by atoms with Gasteiger partial charge in [-0.05, 0) is 24.3 Å². The zero-order valence-corrected chi connectivity index (χ0v) is 17.2. The summed E-state index contributed by atoms with van der Waals surface area (Å²) in [4.78, 5) is 11.7. The Morgan fingerprint density at radius 3 is 1.44 bits per heavy atom. The number of halogens is 13. The molecule has 0 saturated heterocycles. The van der Waals surface area contributed by atoms with E-state index in [0.717, 1.165) is 0 Å². The molecular weight excluding hydrogens is 535 g/mol. The second-order valence-corrected chi connectivity index (χ2v) is 8.48. The predicted octanol–water partition coefficient (Wildman–Crippen LogP) is 5.93. The van der Waals surface area contributed by atoms with Gasteiger partial charge in [-0.3, -0.25) is 4.79 Å². The smallest absolute Gasteiger partial charge is 0.378 e. The minimum absolute atomic E-state index is 0.197. The molecule has 0 amide bonds. The van der Waals surface area contributed by atoms with Gasteiger partial charge in [0.25, 0.3) is 0 Å². The molecule has 0 spiro atoms. The highest BCUT2D eigenvalue weighted by molar-refractivity contribution is 7.88. The van der Waals surface area contributed by atoms with Gasteiger partial charge in [-0.2, -0.15) is 65.5 Å². The first kappa shape index (κ1) is 29.8. The minimum Gasteiger partial charge on any atom is -0.378 e. The van der Waals surface area contributed by atoms with Crippen LogP contribution in [0.3, 0.4) is 0 Å². The summed E-state index contributed by atoms with van der Waals surface area (Å²) < 4.78 is 197. The predicted molar refractivity (Wildman–Crippen MR) is 85.9 cm³/mol. The van der Waals surface area contributed by atoms with Crippen molar-refractivity contribution in [1.29, 1.82) is 0 Å². The maximum atomic E-state index is 13.8. The van der Waals surface area contributed by atoms with Gasteiger partial charge in [0.15, 0.2) is 5.78 Å². The lowest BCUT2D eigenvalue weighted by Gasteiger charge is -2.38. The van der Waals surface area contributed by atoms with Gasteiger partial charge in [0, 0.05) is 11.5 Å². The average Bonchev–Trinajstić information content (AvgIpc) is 2.65. The van der Waals surface area contributed by atoms with Crippen LogP contribution in [0.1, 0.15) is 24.2 Å². The van der Waals surface area contributed by atoms with Crippen LogP contribution in [-0.4, -0.2) is 49.3 Å². The summed E-state index contributed by atoms with van der Waals surface area (Å²) in [5, 5.41) is -7.47. The van der Waals surface area contributed by atoms with E-state index in [-0.39, 0.29) is 5.56 Å². The minimum atomic E-state index is -8.29. The Morgan fingerprint density at radius 1 is 0.706 bits per heavy atom. The zero-order valence-electron chi connectivity index (χ0n) is 16.3. The van der Waals surface area contributed by atoms with Gasteiger partial charge in [0.05, 0.1) is 0 Å². The van der Waals surface area contributed by atoms with Crippen molar-refractivity contribution in [2.75, 3.05) is 0 Å². The van der Waals surface area contributed by atoms with E-state index in [9.17, 15) is 70.3 Å². The number of rotatable bonds is 9. The maximum absolute atomic E-state index is 13.8. The quantitative estimate of drug-likeness (QED) is 0.219. The number of carbonyl (C=O) groups is 1. The second kappa shape index (κ2) is 8.44. The summed E-state index contributed by atoms with van der Waals surface area (Å²) in [5.41, 5.74) is -0.197. The van der Waals surface area contributed by atoms with Crippen LogP contribution < -0.4 is 4.18 Å². The molecule has 0 aromatic heterocycles. The summed E-state index contributed by atoms with van der Waals surface area (Å²) in [7, 11) is -7.45. The van der Waals surface area contributed by atoms with Crippen molar-refractivity contribution in [2.24, 2.45) is 5.92 Å². The first-order valence-corrected chi connectivity index (χ1v) is 9.74. The van der Waals surface area contributed by atoms with Gasteiger partial charge in [-0.15, -0.1) is 0 Å². The molecule has 0 radical (unpaired) electrons. The van der Waals surface area contributed by atoms with Gasteiger partial charge in [0.1, 0.15) is 5.75 Å². The van der Waals surface area contributed by atoms with Crippen LogP contribution in [0.4, 0.5) is 57.1 Å². The third-order valence-electron chi connectivity index (χ3n) is 4.09. The Kier molecular flexibility index (Phi) is 7.39. The first-order valence-electron chi connectivity index (χ1n) is 8.33. The highest BCUT2D eigenvalue weighted by Gasteiger charge is 2.93. The lowest BCUT2D eigenvalue weighted by molar-refractivity contribution is -0.433. The third kappa shape index (κ3) is 4.39. The fourth-order valence-electron chi connectivity index (χ4n) is 2.10. The van der Waals surface area contributed by atoms with Crippen LogP contribution in [0, 0.1) is 5.92 Å². The molecular formula is C16H11F13O4S. The third-order valence-corrected chi connectivity index (χ3v) is 5.38. The number of alkyl halides is 13. The molecule has 0 unspecified atom stereocenters. The Balaban J connectivity index is 3.46. The molecule has 4 nitrogen and oxygen atoms in total. The van der Waals surface area contributed by atoms with Crippen molar-refractivity contribution in [2.45, 2.75) is 49.0 Å². The Morgan fingerprint density at radius 2 is 1.09 bits per heavy atom. The molecule has 18 heteroatoms. The number of ketones is 1. The Hall–Kier alpha value is -2.27. The summed E-state index contributed by atoms with van der Waals surface area (Å²) in [6, 6.07) is 2.17. The Bertz CT molecular complexity index is 1010. The molecule has 34 heavy (non-hydrogen) atoms. The van der Waals surface area contributed by atoms with Crippen molar-refractivity contribution in [3.63, 3.8) is 0 Å². The van der Waals surface area contributed by atoms with E-state index in [1.807, 2.05) is 0 Å². The lowest BCUT2D eigenvalue weighted by Crippen LogP contribution is -2.71. The molecule has 0 bridgehead atoms. The van der Waals surface area contributed by atoms with E-state index in [0.29, 0.717) is 24.3 Å². The van der Waals surface area contributed by atoms with E-state index in [1.54, 1.807) is 0 Å². The van der Waals surface area contributed by atoms with Crippen LogP contribution in [0.2, 0.25) is 0 Å². The second-order valence-electron chi connectivity index (χ2n) is 6.89. The van der Waals surface area contributed by atoms with Crippen molar-refractivity contribution < 1.29 is 74.5 Å². The highest BCUT2D eigenvalue weighted by atomic mass is 32.2. The topological polar surface area (TPSA) is 60.4 Å². The molecule has 0 aliphatic heterocycles. The lowest BCUT2D eigenvalue weighted by atomic mass is 9.98. The molecule has 1 aromatic carbocycles. The molecule has 0 atom stereocenters. The number of Topliss-reactive ketones (excluding diaryl/α,β-unsaturated/α-hetero) is 1. The van der Waals surface area contributed by atoms with Gasteiger partial charge >= 0.3 is 45.2 Å². The largest absolute Gasteiger partial charge is 0.460 e. The summed E-state index contributed by atoms with van der Waals surface area (Å²) >= 11 is 0. The van der Waals surface area contributed by atoms with E-state index in [4.69, 9.17) is 0 Å². The van der Waals surface area contributed by atoms with Crippen LogP contribution in [-0.2, 0) is 10.1 Å². The number of carbonyl (C=O) groups excluding carboxylic acids is 1. The van der Waals surface area contributed by atoms with Crippen molar-refractivity contribution >= 4 is 15.9 Å². The monoisotopic (exact) mass is 546 g/mol. The van der Waals surface area contributed by atoms with E-state index in [2.05, 4.69) is 4.18 Å². The van der Waals surface area contributed by atoms with Gasteiger partial charge < -0.3 is 4.18 Å². The number of hydrogen-bond donors (Lipinski definition) is 0. The average molecular weight is 546 g/mol. The van der Waals surface area contributed by atoms with Gasteiger partial charge in [0.2, 0.25) is 0 Å². The maximum Gasteiger partial charge on any atom is 0.460 e. The van der Waals surface area contributed by atoms with Crippen molar-refractivity contribution in [1.82, 2.24) is 0 Å². The molecule has 196 valence electrons. The van der Waals surface area contributed by atoms with Gasteiger partial charge in [-0.1, -0.05) is 13.8 Å². The molecule has 0 fully saturated rings. The molecule has 0 aliphatic carbocycles. The van der Waals surface area contributed by atoms with E-state index >= 15 is 0 Å². The first-order chi connectivity index (χ1) is 14.8. The fourth-order valence-corrected chi connectivity index (χ4v) is 3.01. The van der Waals surface area contributed by atoms with E-state index < -0.39 is 62.7 Å². The summed E-state index contributed by atoms with van der Waals surface area (Å²) in [5.74, 6) is -35.2. The van der Waals surface area contributed by atoms with Crippen LogP contribution >= 0.6 is 0 Å². The summed E-state index contributed by atoms with van der Waals surface area (Å²) in [6.45, 7) is 2.80. The molecule has 1 aromatic rings. The zero-order chi connectivity index (χ0) is 27.3. The standard InChI is InChI=1S/C16H11F13O4S/c1-7(2)10(30)8-3-5-9(6-4-8)33-34(31,32)16(28,29)14(23,24)12(19,20)11(17,18)13(21,22)15(25,26)27/h3-7H,1-2H3. The highest BCUT2D eigenvalue weighted by Crippen LogP contribution is 2.61. The number of hydrogen-bond acceptors (Lipinski definition) is 4. The van der Waals surface area contributed by atoms with Gasteiger partial charge in [-0.25, -0.2) is 0 Å². The Labute approximate surface area is 181 Å². The van der Waals surface area contributed by atoms with Crippen LogP contribution in [0.5, 0.6) is 5.75 Å². The molecule has 0 heterocycles. The molecule has 1 rings (SSSR count). The molecule has 0 saturated carbocycles. The molecule has 0 N–H and O–H groups in total. The van der Waals surface area contributed by atoms with Crippen molar-refractivity contribution in [3.05, 3.63) is 29.8 Å². The van der Waals surface area contributed by atoms with Crippen LogP contribution in [0.25, 0.3) is 0 Å². The fraction of sp³-hybridized carbons (Fsp3) is 0.562. The SMILES string of the molecule is CC(C)C(=O)c1ccc(OS(=O)(=O)C(F)(F)C(F)(F)C(F)(F)C(F)(F)C(F)(F)C(F)(F)F)cc1. The summed E-state index contributed by atoms with van der Waals surface area (Å²) in [6.07, 6.45) is -7.63. The van der Waals surface area contributed by atoms with Crippen LogP contribution in [0.15, 0.2) is 24.3 Å².